The van der Waals surface area contributed by atoms with Gasteiger partial charge < -0.3 is 0 Å². The normalized spacial score (nSPS) is 20.1. The second-order valence-electron chi connectivity index (χ2n) is 3.41. The zero-order chi connectivity index (χ0) is 10.9. The Morgan fingerprint density at radius 3 is 1.93 bits per heavy atom. The fourth-order valence-corrected chi connectivity index (χ4v) is 3.68. The van der Waals surface area contributed by atoms with Crippen LogP contribution in [0.25, 0.3) is 0 Å². The van der Waals surface area contributed by atoms with Crippen LogP contribution in [0.5, 0.6) is 0 Å². The average Bonchev–Trinajstić information content (AvgIpc) is 2.18. The molecular formula is C12H17Cl2Pd. The fraction of sp³-hybridized carbons (Fsp3) is 0.500. The fourth-order valence-electron chi connectivity index (χ4n) is 1.41. The summed E-state index contributed by atoms with van der Waals surface area (Å²) in [6, 6.07) is 0. The number of halogens is 2. The van der Waals surface area contributed by atoms with E-state index in [1.54, 1.807) is 0 Å². The van der Waals surface area contributed by atoms with E-state index < -0.39 is 14.7 Å². The Bertz CT molecular complexity index is 254. The van der Waals surface area contributed by atoms with Crippen LogP contribution in [-0.2, 0) is 14.7 Å². The van der Waals surface area contributed by atoms with Gasteiger partial charge in [-0.3, -0.25) is 0 Å². The van der Waals surface area contributed by atoms with Gasteiger partial charge in [-0.1, -0.05) is 0 Å². The van der Waals surface area contributed by atoms with Gasteiger partial charge in [0.15, 0.2) is 0 Å². The summed E-state index contributed by atoms with van der Waals surface area (Å²) >= 11 is -1.41. The molecule has 0 heterocycles. The minimum absolute atomic E-state index is 1.04. The maximum atomic E-state index is 6.02. The van der Waals surface area contributed by atoms with Gasteiger partial charge in [0.05, 0.1) is 0 Å². The molecular weight excluding hydrogens is 321 g/mol. The maximum absolute atomic E-state index is 6.02. The zero-order valence-corrected chi connectivity index (χ0v) is 11.8. The molecule has 0 N–H and O–H groups in total. The summed E-state index contributed by atoms with van der Waals surface area (Å²) in [5.74, 6) is 0. The number of rotatable bonds is 1. The van der Waals surface area contributed by atoms with Crippen molar-refractivity contribution >= 4 is 19.1 Å². The van der Waals surface area contributed by atoms with Gasteiger partial charge in [0.1, 0.15) is 0 Å². The molecule has 0 nitrogen and oxygen atoms in total. The van der Waals surface area contributed by atoms with Crippen LogP contribution in [0, 0.1) is 0 Å². The van der Waals surface area contributed by atoms with Crippen molar-refractivity contribution in [2.24, 2.45) is 0 Å². The molecule has 3 heteroatoms. The molecule has 0 aromatic rings. The molecule has 1 aliphatic rings. The third kappa shape index (κ3) is 6.59. The molecule has 0 amide bonds. The van der Waals surface area contributed by atoms with Crippen LogP contribution in [0.4, 0.5) is 0 Å². The van der Waals surface area contributed by atoms with Crippen LogP contribution in [0.3, 0.4) is 0 Å². The molecule has 0 radical (unpaired) electrons. The standard InChI is InChI=1S/C12H17.2ClH.Pd/c1-2-4-6-8-10-12-11-9-7-5-3-1;;;/h1-2,7-9H,3-6,11-12H2;2*1H;/q;;;+2/p-2. The van der Waals surface area contributed by atoms with Gasteiger partial charge in [-0.2, -0.15) is 0 Å². The molecule has 15 heavy (non-hydrogen) atoms. The summed E-state index contributed by atoms with van der Waals surface area (Å²) in [5, 5.41) is 0. The predicted molar refractivity (Wildman–Crippen MR) is 65.8 cm³/mol. The first-order chi connectivity index (χ1) is 7.30. The third-order valence-electron chi connectivity index (χ3n) is 2.21. The molecule has 0 aromatic heterocycles. The first-order valence-corrected chi connectivity index (χ1v) is 10.0. The van der Waals surface area contributed by atoms with Gasteiger partial charge in [0.25, 0.3) is 0 Å². The number of allylic oxidation sites excluding steroid dienone is 6. The van der Waals surface area contributed by atoms with Gasteiger partial charge >= 0.3 is 107 Å². The van der Waals surface area contributed by atoms with Crippen molar-refractivity contribution in [2.45, 2.75) is 38.5 Å². The van der Waals surface area contributed by atoms with E-state index in [0.29, 0.717) is 0 Å². The Balaban J connectivity index is 2.55. The second-order valence-corrected chi connectivity index (χ2v) is 8.77. The van der Waals surface area contributed by atoms with E-state index in [2.05, 4.69) is 30.4 Å². The summed E-state index contributed by atoms with van der Waals surface area (Å²) in [4.78, 5) is 0. The van der Waals surface area contributed by atoms with Crippen LogP contribution < -0.4 is 0 Å². The topological polar surface area (TPSA) is 0 Å². The molecule has 0 unspecified atom stereocenters. The molecule has 0 fully saturated rings. The van der Waals surface area contributed by atoms with Crippen molar-refractivity contribution in [2.75, 3.05) is 0 Å². The molecule has 0 bridgehead atoms. The molecule has 0 aliphatic heterocycles. The third-order valence-corrected chi connectivity index (χ3v) is 5.49. The van der Waals surface area contributed by atoms with E-state index in [1.165, 1.54) is 4.05 Å². The van der Waals surface area contributed by atoms with Crippen molar-refractivity contribution in [3.63, 3.8) is 0 Å². The molecule has 0 saturated heterocycles. The number of hydrogen-bond acceptors (Lipinski definition) is 0. The monoisotopic (exact) mass is 337 g/mol. The van der Waals surface area contributed by atoms with Crippen molar-refractivity contribution < 1.29 is 14.7 Å². The Hall–Kier alpha value is 0.462. The molecule has 0 aromatic carbocycles. The zero-order valence-electron chi connectivity index (χ0n) is 8.70. The van der Waals surface area contributed by atoms with E-state index in [-0.39, 0.29) is 0 Å². The van der Waals surface area contributed by atoms with Crippen LogP contribution in [0.15, 0.2) is 34.4 Å². The SMILES string of the molecule is [Cl][Pd]([Cl])[C]1=CCCC=CCCC=CCC1. The van der Waals surface area contributed by atoms with Crippen LogP contribution in [0.1, 0.15) is 38.5 Å². The number of hydrogen-bond donors (Lipinski definition) is 0. The molecule has 1 rings (SSSR count). The minimum atomic E-state index is -1.41. The second kappa shape index (κ2) is 8.60. The van der Waals surface area contributed by atoms with E-state index in [4.69, 9.17) is 19.1 Å². The summed E-state index contributed by atoms with van der Waals surface area (Å²) in [6.07, 6.45) is 17.8. The molecule has 0 spiro atoms. The van der Waals surface area contributed by atoms with Crippen LogP contribution in [0.2, 0.25) is 0 Å². The summed E-state index contributed by atoms with van der Waals surface area (Å²) in [6.45, 7) is 0. The molecule has 1 aliphatic carbocycles. The van der Waals surface area contributed by atoms with Gasteiger partial charge in [0, 0.05) is 0 Å². The summed E-state index contributed by atoms with van der Waals surface area (Å²) < 4.78 is 1.28. The quantitative estimate of drug-likeness (QED) is 0.452. The Morgan fingerprint density at radius 1 is 0.800 bits per heavy atom. The first kappa shape index (κ1) is 13.5. The van der Waals surface area contributed by atoms with E-state index in [0.717, 1.165) is 38.5 Å². The van der Waals surface area contributed by atoms with Gasteiger partial charge in [-0.15, -0.1) is 0 Å². The molecule has 0 atom stereocenters. The predicted octanol–water partition coefficient (Wildman–Crippen LogP) is 5.26. The van der Waals surface area contributed by atoms with Gasteiger partial charge in [-0.25, -0.2) is 0 Å². The van der Waals surface area contributed by atoms with E-state index in [1.807, 2.05) is 0 Å². The van der Waals surface area contributed by atoms with Crippen molar-refractivity contribution in [3.05, 3.63) is 34.4 Å². The van der Waals surface area contributed by atoms with Gasteiger partial charge in [-0.05, 0) is 0 Å². The summed E-state index contributed by atoms with van der Waals surface area (Å²) in [7, 11) is 12.0. The summed E-state index contributed by atoms with van der Waals surface area (Å²) in [5.41, 5.74) is 0. The Labute approximate surface area is 106 Å². The van der Waals surface area contributed by atoms with Crippen molar-refractivity contribution in [1.29, 1.82) is 0 Å². The molecule has 0 saturated carbocycles. The van der Waals surface area contributed by atoms with Crippen LogP contribution >= 0.6 is 19.1 Å². The average molecular weight is 339 g/mol. The van der Waals surface area contributed by atoms with Crippen molar-refractivity contribution in [3.8, 4) is 0 Å². The van der Waals surface area contributed by atoms with Gasteiger partial charge in [0.2, 0.25) is 0 Å². The first-order valence-electron chi connectivity index (χ1n) is 5.25. The van der Waals surface area contributed by atoms with Crippen LogP contribution in [-0.4, -0.2) is 0 Å². The van der Waals surface area contributed by atoms with E-state index >= 15 is 0 Å². The van der Waals surface area contributed by atoms with Crippen molar-refractivity contribution in [1.82, 2.24) is 0 Å². The Kier molecular flexibility index (Phi) is 7.75. The molecule has 89 valence electrons. The van der Waals surface area contributed by atoms with E-state index in [9.17, 15) is 0 Å². The Morgan fingerprint density at radius 2 is 1.33 bits per heavy atom.